The summed E-state index contributed by atoms with van der Waals surface area (Å²) in [6.45, 7) is 12.5. The maximum absolute atomic E-state index is 11.8. The summed E-state index contributed by atoms with van der Waals surface area (Å²) in [7, 11) is -1.34. The lowest BCUT2D eigenvalue weighted by Gasteiger charge is -2.25. The average molecular weight is 311 g/mol. The molecule has 0 N–H and O–H groups in total. The molecule has 0 saturated heterocycles. The van der Waals surface area contributed by atoms with Gasteiger partial charge in [0.1, 0.15) is 0 Å². The monoisotopic (exact) mass is 311 g/mol. The summed E-state index contributed by atoms with van der Waals surface area (Å²) in [6.07, 6.45) is 0. The van der Waals surface area contributed by atoms with Gasteiger partial charge in [0.15, 0.2) is 5.75 Å². The van der Waals surface area contributed by atoms with Crippen LogP contribution in [0.2, 0.25) is 0 Å². The van der Waals surface area contributed by atoms with Crippen molar-refractivity contribution in [1.29, 1.82) is 0 Å². The summed E-state index contributed by atoms with van der Waals surface area (Å²) >= 11 is 0. The van der Waals surface area contributed by atoms with Crippen LogP contribution in [-0.2, 0) is 20.1 Å². The lowest BCUT2D eigenvalue weighted by molar-refractivity contribution is 0.195. The van der Waals surface area contributed by atoms with Crippen molar-refractivity contribution in [3.8, 4) is 5.75 Å². The summed E-state index contributed by atoms with van der Waals surface area (Å²) in [6, 6.07) is 5.76. The van der Waals surface area contributed by atoms with Gasteiger partial charge >= 0.3 is 13.7 Å². The van der Waals surface area contributed by atoms with Gasteiger partial charge in [0.2, 0.25) is 0 Å². The number of carbonyl (C=O) groups excluding carboxylic acids is 1. The van der Waals surface area contributed by atoms with Gasteiger partial charge in [0.25, 0.3) is 0 Å². The number of benzene rings is 1. The molecule has 1 unspecified atom stereocenters. The first-order chi connectivity index (χ1) is 9.46. The van der Waals surface area contributed by atoms with Crippen LogP contribution in [-0.4, -0.2) is 12.8 Å². The van der Waals surface area contributed by atoms with Crippen molar-refractivity contribution < 1.29 is 18.6 Å². The predicted molar refractivity (Wildman–Crippen MR) is 84.5 cm³/mol. The van der Waals surface area contributed by atoms with Crippen molar-refractivity contribution in [3.05, 3.63) is 29.3 Å². The van der Waals surface area contributed by atoms with Crippen LogP contribution in [0.3, 0.4) is 0 Å². The third kappa shape index (κ3) is 4.53. The van der Waals surface area contributed by atoms with Crippen molar-refractivity contribution in [2.75, 3.05) is 7.11 Å². The van der Waals surface area contributed by atoms with Crippen molar-refractivity contribution in [3.63, 3.8) is 0 Å². The summed E-state index contributed by atoms with van der Waals surface area (Å²) in [5.74, 6) is 0.460. The fourth-order valence-corrected chi connectivity index (χ4v) is 2.42. The van der Waals surface area contributed by atoms with Gasteiger partial charge in [-0.1, -0.05) is 53.7 Å². The number of carbonyl (C=O) groups is 1. The van der Waals surface area contributed by atoms with Crippen LogP contribution in [0.1, 0.15) is 52.7 Å². The summed E-state index contributed by atoms with van der Waals surface area (Å²) in [5.41, 5.74) is 1.03. The first-order valence-corrected chi connectivity index (χ1v) is 8.02. The molecule has 0 aliphatic rings. The molecule has 21 heavy (non-hydrogen) atoms. The maximum Gasteiger partial charge on any atom is 0.684 e. The molecule has 1 rings (SSSR count). The van der Waals surface area contributed by atoms with E-state index < -0.39 is 13.7 Å². The standard InChI is InChI=1S/C16H24O4P/c1-15(2,3)11-8-9-13(12(10-11)16(4,5)6)20-21(18)14(17)19-7/h8-10H,1-7H3/q+1. The van der Waals surface area contributed by atoms with Gasteiger partial charge in [-0.25, -0.2) is 4.52 Å². The highest BCUT2D eigenvalue weighted by Crippen LogP contribution is 2.39. The van der Waals surface area contributed by atoms with E-state index in [0.29, 0.717) is 5.75 Å². The van der Waals surface area contributed by atoms with Crippen LogP contribution in [0.4, 0.5) is 4.79 Å². The zero-order valence-corrected chi connectivity index (χ0v) is 14.7. The Hall–Kier alpha value is -1.41. The molecule has 0 aliphatic heterocycles. The van der Waals surface area contributed by atoms with Gasteiger partial charge in [-0.05, 0) is 27.0 Å². The molecule has 4 nitrogen and oxygen atoms in total. The molecule has 0 bridgehead atoms. The molecule has 1 aromatic carbocycles. The maximum atomic E-state index is 11.8. The molecule has 0 spiro atoms. The zero-order chi connectivity index (χ0) is 16.4. The van der Waals surface area contributed by atoms with Crippen molar-refractivity contribution in [2.24, 2.45) is 0 Å². The van der Waals surface area contributed by atoms with E-state index in [0.717, 1.165) is 11.1 Å². The number of hydrogen-bond donors (Lipinski definition) is 0. The second-order valence-electron chi connectivity index (χ2n) is 7.03. The summed E-state index contributed by atoms with van der Waals surface area (Å²) in [4.78, 5) is 11.3. The normalized spacial score (nSPS) is 12.8. The molecule has 0 fully saturated rings. The molecule has 0 radical (unpaired) electrons. The highest BCUT2D eigenvalue weighted by molar-refractivity contribution is 7.58. The second-order valence-corrected chi connectivity index (χ2v) is 8.09. The van der Waals surface area contributed by atoms with E-state index >= 15 is 0 Å². The van der Waals surface area contributed by atoms with Crippen molar-refractivity contribution >= 4 is 13.7 Å². The smallest absolute Gasteiger partial charge is 0.428 e. The minimum atomic E-state index is -2.53. The van der Waals surface area contributed by atoms with Gasteiger partial charge in [-0.2, -0.15) is 4.79 Å². The van der Waals surface area contributed by atoms with Gasteiger partial charge < -0.3 is 4.74 Å². The Morgan fingerprint density at radius 1 is 1.05 bits per heavy atom. The third-order valence-corrected chi connectivity index (χ3v) is 4.00. The van der Waals surface area contributed by atoms with E-state index in [9.17, 15) is 9.36 Å². The SMILES string of the molecule is COC(=O)[P+](=O)Oc1ccc(C(C)(C)C)cc1C(C)(C)C. The largest absolute Gasteiger partial charge is 0.684 e. The zero-order valence-electron chi connectivity index (χ0n) is 13.8. The Bertz CT molecular complexity index is 550. The lowest BCUT2D eigenvalue weighted by atomic mass is 9.80. The van der Waals surface area contributed by atoms with Crippen LogP contribution < -0.4 is 4.52 Å². The predicted octanol–water partition coefficient (Wildman–Crippen LogP) is 5.17. The summed E-state index contributed by atoms with van der Waals surface area (Å²) in [5, 5.41) is 0. The number of rotatable bonds is 3. The number of hydrogen-bond acceptors (Lipinski definition) is 4. The minimum absolute atomic E-state index is 0.00305. The van der Waals surface area contributed by atoms with Crippen LogP contribution in [0.15, 0.2) is 18.2 Å². The lowest BCUT2D eigenvalue weighted by Crippen LogP contribution is -2.17. The first kappa shape index (κ1) is 17.6. The summed E-state index contributed by atoms with van der Waals surface area (Å²) < 4.78 is 21.5. The van der Waals surface area contributed by atoms with Crippen LogP contribution in [0.5, 0.6) is 5.75 Å². The Labute approximate surface area is 127 Å². The first-order valence-electron chi connectivity index (χ1n) is 6.85. The van der Waals surface area contributed by atoms with Gasteiger partial charge in [0, 0.05) is 5.56 Å². The van der Waals surface area contributed by atoms with Crippen LogP contribution >= 0.6 is 8.03 Å². The number of methoxy groups -OCH3 is 1. The van der Waals surface area contributed by atoms with E-state index in [1.807, 2.05) is 26.8 Å². The van der Waals surface area contributed by atoms with E-state index in [2.05, 4.69) is 31.6 Å². The van der Waals surface area contributed by atoms with E-state index in [1.54, 1.807) is 6.07 Å². The van der Waals surface area contributed by atoms with E-state index in [1.165, 1.54) is 7.11 Å². The quantitative estimate of drug-likeness (QED) is 0.723. The number of ether oxygens (including phenoxy) is 1. The molecule has 1 atom stereocenters. The van der Waals surface area contributed by atoms with Crippen molar-refractivity contribution in [1.82, 2.24) is 0 Å². The highest BCUT2D eigenvalue weighted by Gasteiger charge is 2.36. The van der Waals surface area contributed by atoms with Gasteiger partial charge in [0.05, 0.1) is 7.11 Å². The second kappa shape index (κ2) is 6.15. The Balaban J connectivity index is 3.27. The Morgan fingerprint density at radius 2 is 1.62 bits per heavy atom. The molecular weight excluding hydrogens is 287 g/mol. The molecule has 5 heteroatoms. The minimum Gasteiger partial charge on any atom is -0.428 e. The van der Waals surface area contributed by atoms with Gasteiger partial charge in [-0.3, -0.25) is 0 Å². The Kier molecular flexibility index (Phi) is 5.16. The van der Waals surface area contributed by atoms with Gasteiger partial charge in [-0.15, -0.1) is 0 Å². The average Bonchev–Trinajstić information content (AvgIpc) is 2.35. The Morgan fingerprint density at radius 3 is 2.05 bits per heavy atom. The molecule has 1 aromatic rings. The van der Waals surface area contributed by atoms with E-state index in [-0.39, 0.29) is 10.8 Å². The fraction of sp³-hybridized carbons (Fsp3) is 0.562. The molecule has 0 heterocycles. The topological polar surface area (TPSA) is 52.6 Å². The molecule has 0 aromatic heterocycles. The molecule has 0 saturated carbocycles. The third-order valence-electron chi connectivity index (χ3n) is 3.16. The molecular formula is C16H24O4P+. The fourth-order valence-electron chi connectivity index (χ4n) is 1.86. The highest BCUT2D eigenvalue weighted by atomic mass is 31.1. The van der Waals surface area contributed by atoms with Crippen LogP contribution in [0, 0.1) is 0 Å². The van der Waals surface area contributed by atoms with E-state index in [4.69, 9.17) is 4.52 Å². The molecule has 0 aliphatic carbocycles. The van der Waals surface area contributed by atoms with Crippen molar-refractivity contribution in [2.45, 2.75) is 52.4 Å². The molecule has 0 amide bonds. The van der Waals surface area contributed by atoms with Crippen LogP contribution in [0.25, 0.3) is 0 Å². The molecule has 116 valence electrons.